The van der Waals surface area contributed by atoms with Crippen LogP contribution in [0.4, 0.5) is 0 Å². The maximum atomic E-state index is 12.2. The van der Waals surface area contributed by atoms with Crippen LogP contribution in [0.15, 0.2) is 0 Å². The number of ketones is 1. The Morgan fingerprint density at radius 1 is 1.44 bits per heavy atom. The molecule has 3 rings (SSSR count). The fourth-order valence-corrected chi connectivity index (χ4v) is 4.89. The van der Waals surface area contributed by atoms with Crippen LogP contribution < -0.4 is 0 Å². The second-order valence-electron chi connectivity index (χ2n) is 5.89. The average Bonchev–Trinajstić information content (AvgIpc) is 2.85. The van der Waals surface area contributed by atoms with Gasteiger partial charge in [-0.3, -0.25) is 9.59 Å². The number of esters is 1. The van der Waals surface area contributed by atoms with Crippen molar-refractivity contribution >= 4 is 11.8 Å². The summed E-state index contributed by atoms with van der Waals surface area (Å²) in [5.74, 6) is 0.548. The third-order valence-electron chi connectivity index (χ3n) is 5.69. The first-order chi connectivity index (χ1) is 7.56. The molecule has 0 heterocycles. The average molecular weight is 222 g/mol. The normalized spacial score (nSPS) is 49.5. The number of carbonyl (C=O) groups is 2. The van der Waals surface area contributed by atoms with Gasteiger partial charge in [0.2, 0.25) is 0 Å². The molecule has 0 aromatic heterocycles. The molecule has 3 heteroatoms. The lowest BCUT2D eigenvalue weighted by Crippen LogP contribution is -2.50. The van der Waals surface area contributed by atoms with Crippen LogP contribution in [0.5, 0.6) is 0 Å². The molecule has 0 unspecified atom stereocenters. The second kappa shape index (κ2) is 2.88. The van der Waals surface area contributed by atoms with Gasteiger partial charge < -0.3 is 4.74 Å². The summed E-state index contributed by atoms with van der Waals surface area (Å²) in [4.78, 5) is 24.1. The van der Waals surface area contributed by atoms with Crippen molar-refractivity contribution in [3.63, 3.8) is 0 Å². The molecule has 88 valence electrons. The Labute approximate surface area is 95.5 Å². The van der Waals surface area contributed by atoms with E-state index in [1.54, 1.807) is 0 Å². The van der Waals surface area contributed by atoms with E-state index in [4.69, 9.17) is 4.74 Å². The van der Waals surface area contributed by atoms with Gasteiger partial charge in [0.05, 0.1) is 12.5 Å². The third kappa shape index (κ3) is 0.836. The van der Waals surface area contributed by atoms with Crippen LogP contribution in [0.1, 0.15) is 39.0 Å². The summed E-state index contributed by atoms with van der Waals surface area (Å²) in [7, 11) is 1.45. The SMILES string of the molecule is COC(=O)[C@@]12CCC[C@]1(C)[C@H]1CC(=O)[C@@H]2C1. The number of hydrogen-bond acceptors (Lipinski definition) is 3. The zero-order chi connectivity index (χ0) is 11.6. The Morgan fingerprint density at radius 2 is 2.19 bits per heavy atom. The molecule has 0 aliphatic heterocycles. The number of rotatable bonds is 1. The summed E-state index contributed by atoms with van der Waals surface area (Å²) in [6, 6.07) is 0. The zero-order valence-corrected chi connectivity index (χ0v) is 9.91. The van der Waals surface area contributed by atoms with E-state index in [2.05, 4.69) is 6.92 Å². The Morgan fingerprint density at radius 3 is 2.88 bits per heavy atom. The molecule has 0 spiro atoms. The summed E-state index contributed by atoms with van der Waals surface area (Å²) >= 11 is 0. The van der Waals surface area contributed by atoms with Crippen LogP contribution in [-0.4, -0.2) is 18.9 Å². The maximum Gasteiger partial charge on any atom is 0.313 e. The van der Waals surface area contributed by atoms with Gasteiger partial charge in [-0.2, -0.15) is 0 Å². The van der Waals surface area contributed by atoms with Gasteiger partial charge in [0.1, 0.15) is 5.78 Å². The van der Waals surface area contributed by atoms with E-state index in [1.807, 2.05) is 0 Å². The number of ether oxygens (including phenoxy) is 1. The van der Waals surface area contributed by atoms with E-state index in [0.29, 0.717) is 18.1 Å². The third-order valence-corrected chi connectivity index (χ3v) is 5.69. The predicted molar refractivity (Wildman–Crippen MR) is 57.6 cm³/mol. The van der Waals surface area contributed by atoms with Gasteiger partial charge >= 0.3 is 5.97 Å². The maximum absolute atomic E-state index is 12.2. The topological polar surface area (TPSA) is 43.4 Å². The van der Waals surface area contributed by atoms with Crippen molar-refractivity contribution in [1.82, 2.24) is 0 Å². The highest BCUT2D eigenvalue weighted by Crippen LogP contribution is 2.72. The molecule has 2 bridgehead atoms. The largest absolute Gasteiger partial charge is 0.469 e. The van der Waals surface area contributed by atoms with Crippen molar-refractivity contribution in [2.75, 3.05) is 7.11 Å². The summed E-state index contributed by atoms with van der Waals surface area (Å²) in [6.07, 6.45) is 4.61. The Bertz CT molecular complexity index is 375. The fourth-order valence-electron chi connectivity index (χ4n) is 4.89. The number of methoxy groups -OCH3 is 1. The van der Waals surface area contributed by atoms with Crippen LogP contribution >= 0.6 is 0 Å². The summed E-state index contributed by atoms with van der Waals surface area (Å²) < 4.78 is 5.01. The van der Waals surface area contributed by atoms with Crippen molar-refractivity contribution < 1.29 is 14.3 Å². The highest BCUT2D eigenvalue weighted by molar-refractivity contribution is 5.94. The molecular formula is C13H18O3. The van der Waals surface area contributed by atoms with Gasteiger partial charge in [0.25, 0.3) is 0 Å². The van der Waals surface area contributed by atoms with Gasteiger partial charge in [-0.1, -0.05) is 13.3 Å². The van der Waals surface area contributed by atoms with Gasteiger partial charge in [0.15, 0.2) is 0 Å². The van der Waals surface area contributed by atoms with Crippen molar-refractivity contribution in [2.45, 2.75) is 39.0 Å². The number of hydrogen-bond donors (Lipinski definition) is 0. The van der Waals surface area contributed by atoms with E-state index in [1.165, 1.54) is 7.11 Å². The molecule has 3 aliphatic carbocycles. The van der Waals surface area contributed by atoms with Crippen molar-refractivity contribution in [2.24, 2.45) is 22.7 Å². The van der Waals surface area contributed by atoms with Crippen LogP contribution in [0.3, 0.4) is 0 Å². The van der Waals surface area contributed by atoms with Crippen molar-refractivity contribution in [1.29, 1.82) is 0 Å². The van der Waals surface area contributed by atoms with Crippen LogP contribution in [0.2, 0.25) is 0 Å². The minimum atomic E-state index is -0.470. The molecule has 0 saturated heterocycles. The quantitative estimate of drug-likeness (QED) is 0.637. The van der Waals surface area contributed by atoms with Gasteiger partial charge in [-0.15, -0.1) is 0 Å². The van der Waals surface area contributed by atoms with Crippen molar-refractivity contribution in [3.8, 4) is 0 Å². The van der Waals surface area contributed by atoms with E-state index in [9.17, 15) is 9.59 Å². The lowest BCUT2D eigenvalue weighted by molar-refractivity contribution is -0.167. The molecule has 3 saturated carbocycles. The molecule has 3 aliphatic rings. The lowest BCUT2D eigenvalue weighted by Gasteiger charge is -2.44. The molecule has 3 nitrogen and oxygen atoms in total. The van der Waals surface area contributed by atoms with Gasteiger partial charge in [0, 0.05) is 12.3 Å². The lowest BCUT2D eigenvalue weighted by atomic mass is 9.58. The first kappa shape index (κ1) is 10.3. The standard InChI is InChI=1S/C13H18O3/c1-12-4-3-5-13(12,11(15)16-2)9-6-8(12)7-10(9)14/h8-9H,3-7H2,1-2H3/t8-,9+,12-,13+/m1/s1. The summed E-state index contributed by atoms with van der Waals surface area (Å²) in [5, 5.41) is 0. The summed E-state index contributed by atoms with van der Waals surface area (Å²) in [6.45, 7) is 2.20. The highest BCUT2D eigenvalue weighted by Gasteiger charge is 2.73. The Kier molecular flexibility index (Phi) is 1.85. The van der Waals surface area contributed by atoms with Gasteiger partial charge in [-0.25, -0.2) is 0 Å². The van der Waals surface area contributed by atoms with Crippen LogP contribution in [0.25, 0.3) is 0 Å². The predicted octanol–water partition coefficient (Wildman–Crippen LogP) is 1.94. The molecule has 0 amide bonds. The molecule has 3 fully saturated rings. The molecule has 16 heavy (non-hydrogen) atoms. The number of Topliss-reactive ketones (excluding diaryl/α,β-unsaturated/α-hetero) is 1. The van der Waals surface area contributed by atoms with E-state index < -0.39 is 5.41 Å². The van der Waals surface area contributed by atoms with Crippen molar-refractivity contribution in [3.05, 3.63) is 0 Å². The zero-order valence-electron chi connectivity index (χ0n) is 9.91. The number of fused-ring (bicyclic) bond motifs is 5. The minimum absolute atomic E-state index is 0.0265. The van der Waals surface area contributed by atoms with E-state index in [-0.39, 0.29) is 17.3 Å². The molecule has 4 atom stereocenters. The molecule has 0 radical (unpaired) electrons. The first-order valence-electron chi connectivity index (χ1n) is 6.17. The molecule has 0 aromatic rings. The minimum Gasteiger partial charge on any atom is -0.469 e. The van der Waals surface area contributed by atoms with Crippen LogP contribution in [-0.2, 0) is 14.3 Å². The molecule has 0 N–H and O–H groups in total. The highest BCUT2D eigenvalue weighted by atomic mass is 16.5. The Balaban J connectivity index is 2.13. The van der Waals surface area contributed by atoms with E-state index >= 15 is 0 Å². The first-order valence-corrected chi connectivity index (χ1v) is 6.17. The summed E-state index contributed by atoms with van der Waals surface area (Å²) in [5.41, 5.74) is -0.444. The fraction of sp³-hybridized carbons (Fsp3) is 0.846. The second-order valence-corrected chi connectivity index (χ2v) is 5.89. The monoisotopic (exact) mass is 222 g/mol. The van der Waals surface area contributed by atoms with E-state index in [0.717, 1.165) is 25.7 Å². The van der Waals surface area contributed by atoms with Crippen LogP contribution in [0, 0.1) is 22.7 Å². The number of carbonyl (C=O) groups excluding carboxylic acids is 2. The van der Waals surface area contributed by atoms with Gasteiger partial charge in [-0.05, 0) is 30.6 Å². The Hall–Kier alpha value is -0.860. The molecular weight excluding hydrogens is 204 g/mol. The molecule has 0 aromatic carbocycles. The smallest absolute Gasteiger partial charge is 0.313 e.